The smallest absolute Gasteiger partial charge is 0.311 e. The Balaban J connectivity index is 1.52. The van der Waals surface area contributed by atoms with E-state index in [-0.39, 0.29) is 11.9 Å². The molecule has 2 aromatic rings. The predicted molar refractivity (Wildman–Crippen MR) is 99.8 cm³/mol. The molecule has 7 heteroatoms. The fourth-order valence-corrected chi connectivity index (χ4v) is 4.54. The number of carboxylic acids is 1. The van der Waals surface area contributed by atoms with Crippen LogP contribution in [0, 0.1) is 5.41 Å². The molecule has 0 bridgehead atoms. The number of fused-ring (bicyclic) bond motifs is 1. The summed E-state index contributed by atoms with van der Waals surface area (Å²) in [7, 11) is 1.97. The summed E-state index contributed by atoms with van der Waals surface area (Å²) < 4.78 is 1.88. The van der Waals surface area contributed by atoms with Crippen LogP contribution in [0.2, 0.25) is 0 Å². The van der Waals surface area contributed by atoms with Crippen LogP contribution in [0.15, 0.2) is 43.0 Å². The van der Waals surface area contributed by atoms with E-state index in [1.807, 2.05) is 42.1 Å². The number of carbonyl (C=O) groups is 2. The average Bonchev–Trinajstić information content (AvgIpc) is 3.22. The third kappa shape index (κ3) is 3.02. The van der Waals surface area contributed by atoms with Crippen molar-refractivity contribution in [3.63, 3.8) is 0 Å². The first-order chi connectivity index (χ1) is 13.0. The van der Waals surface area contributed by atoms with Crippen LogP contribution in [0.25, 0.3) is 5.69 Å². The van der Waals surface area contributed by atoms with E-state index < -0.39 is 11.4 Å². The van der Waals surface area contributed by atoms with Gasteiger partial charge in [0.25, 0.3) is 5.91 Å². The fraction of sp³-hybridized carbons (Fsp3) is 0.450. The summed E-state index contributed by atoms with van der Waals surface area (Å²) in [5, 5.41) is 9.87. The lowest BCUT2D eigenvalue weighted by atomic mass is 9.68. The van der Waals surface area contributed by atoms with E-state index in [1.165, 1.54) is 0 Å². The van der Waals surface area contributed by atoms with Crippen LogP contribution in [0.4, 0.5) is 0 Å². The van der Waals surface area contributed by atoms with Crippen molar-refractivity contribution in [2.75, 3.05) is 26.7 Å². The van der Waals surface area contributed by atoms with Gasteiger partial charge < -0.3 is 19.5 Å². The number of likely N-dealkylation sites (N-methyl/N-ethyl adjacent to an activating group) is 1. The van der Waals surface area contributed by atoms with Gasteiger partial charge in [0.05, 0.1) is 11.7 Å². The van der Waals surface area contributed by atoms with Crippen molar-refractivity contribution in [3.05, 3.63) is 48.5 Å². The van der Waals surface area contributed by atoms with E-state index in [2.05, 4.69) is 9.88 Å². The monoisotopic (exact) mass is 368 g/mol. The second-order valence-electron chi connectivity index (χ2n) is 7.58. The molecule has 2 fully saturated rings. The van der Waals surface area contributed by atoms with E-state index in [1.54, 1.807) is 17.4 Å². The van der Waals surface area contributed by atoms with Crippen LogP contribution in [0.5, 0.6) is 0 Å². The Hall–Kier alpha value is -2.67. The number of aromatic nitrogens is 2. The predicted octanol–water partition coefficient (Wildman–Crippen LogP) is 1.88. The van der Waals surface area contributed by atoms with Crippen LogP contribution >= 0.6 is 0 Å². The van der Waals surface area contributed by atoms with Gasteiger partial charge in [-0.05, 0) is 57.1 Å². The van der Waals surface area contributed by atoms with Crippen LogP contribution in [-0.2, 0) is 4.79 Å². The maximum Gasteiger partial charge on any atom is 0.311 e. The zero-order chi connectivity index (χ0) is 19.0. The zero-order valence-corrected chi connectivity index (χ0v) is 15.4. The number of likely N-dealkylation sites (tertiary alicyclic amines) is 2. The number of amides is 1. The van der Waals surface area contributed by atoms with Gasteiger partial charge in [0, 0.05) is 42.8 Å². The molecule has 142 valence electrons. The summed E-state index contributed by atoms with van der Waals surface area (Å²) in [5.41, 5.74) is 0.842. The molecule has 3 heterocycles. The van der Waals surface area contributed by atoms with Crippen molar-refractivity contribution in [2.24, 2.45) is 5.41 Å². The zero-order valence-electron chi connectivity index (χ0n) is 15.4. The van der Waals surface area contributed by atoms with Crippen LogP contribution in [0.3, 0.4) is 0 Å². The number of hydrogen-bond acceptors (Lipinski definition) is 4. The molecule has 1 aromatic heterocycles. The molecule has 0 spiro atoms. The Bertz CT molecular complexity index is 833. The Labute approximate surface area is 158 Å². The normalized spacial score (nSPS) is 25.8. The van der Waals surface area contributed by atoms with Gasteiger partial charge in [0.1, 0.15) is 0 Å². The van der Waals surface area contributed by atoms with Crippen molar-refractivity contribution in [3.8, 4) is 5.69 Å². The summed E-state index contributed by atoms with van der Waals surface area (Å²) in [5.74, 6) is -0.763. The number of rotatable bonds is 3. The Morgan fingerprint density at radius 3 is 2.63 bits per heavy atom. The van der Waals surface area contributed by atoms with E-state index >= 15 is 0 Å². The molecule has 1 aromatic carbocycles. The SMILES string of the molecule is CN1CCC[C@]2(C(=O)O)CCN(C(=O)c3ccc(-n4ccnc4)cc3)C[C@@H]12. The minimum Gasteiger partial charge on any atom is -0.481 e. The van der Waals surface area contributed by atoms with Crippen molar-refractivity contribution >= 4 is 11.9 Å². The molecule has 4 rings (SSSR count). The lowest BCUT2D eigenvalue weighted by Gasteiger charge is -2.51. The summed E-state index contributed by atoms with van der Waals surface area (Å²) in [6.07, 6.45) is 7.37. The molecule has 2 saturated heterocycles. The van der Waals surface area contributed by atoms with Crippen molar-refractivity contribution in [1.82, 2.24) is 19.4 Å². The van der Waals surface area contributed by atoms with Crippen molar-refractivity contribution < 1.29 is 14.7 Å². The Kier molecular flexibility index (Phi) is 4.47. The number of benzene rings is 1. The first kappa shape index (κ1) is 17.7. The lowest BCUT2D eigenvalue weighted by Crippen LogP contribution is -2.63. The maximum absolute atomic E-state index is 13.0. The second kappa shape index (κ2) is 6.81. The van der Waals surface area contributed by atoms with Crippen molar-refractivity contribution in [2.45, 2.75) is 25.3 Å². The molecule has 0 radical (unpaired) electrons. The first-order valence-electron chi connectivity index (χ1n) is 9.32. The second-order valence-corrected chi connectivity index (χ2v) is 7.58. The van der Waals surface area contributed by atoms with Crippen molar-refractivity contribution in [1.29, 1.82) is 0 Å². The molecule has 2 atom stereocenters. The Morgan fingerprint density at radius 2 is 1.96 bits per heavy atom. The van der Waals surface area contributed by atoms with Crippen LogP contribution in [0.1, 0.15) is 29.6 Å². The molecule has 2 aliphatic rings. The van der Waals surface area contributed by atoms with Gasteiger partial charge in [-0.1, -0.05) is 0 Å². The topological polar surface area (TPSA) is 78.7 Å². The quantitative estimate of drug-likeness (QED) is 0.895. The molecule has 7 nitrogen and oxygen atoms in total. The number of carbonyl (C=O) groups excluding carboxylic acids is 1. The highest BCUT2D eigenvalue weighted by molar-refractivity contribution is 5.94. The summed E-state index contributed by atoms with van der Waals surface area (Å²) in [6.45, 7) is 1.82. The number of hydrogen-bond donors (Lipinski definition) is 1. The minimum atomic E-state index is -0.727. The van der Waals surface area contributed by atoms with Gasteiger partial charge in [-0.2, -0.15) is 0 Å². The Morgan fingerprint density at radius 1 is 1.19 bits per heavy atom. The van der Waals surface area contributed by atoms with Crippen LogP contribution in [-0.4, -0.2) is 69.1 Å². The molecule has 27 heavy (non-hydrogen) atoms. The van der Waals surface area contributed by atoms with Gasteiger partial charge in [-0.3, -0.25) is 9.59 Å². The largest absolute Gasteiger partial charge is 0.481 e. The summed E-state index contributed by atoms with van der Waals surface area (Å²) in [6, 6.07) is 7.30. The van der Waals surface area contributed by atoms with E-state index in [4.69, 9.17) is 0 Å². The van der Waals surface area contributed by atoms with E-state index in [0.29, 0.717) is 31.5 Å². The molecule has 0 unspecified atom stereocenters. The molecule has 0 aliphatic carbocycles. The van der Waals surface area contributed by atoms with Gasteiger partial charge in [0.15, 0.2) is 0 Å². The molecule has 2 aliphatic heterocycles. The third-order valence-electron chi connectivity index (χ3n) is 6.15. The van der Waals surface area contributed by atoms with E-state index in [9.17, 15) is 14.7 Å². The number of aliphatic carboxylic acids is 1. The number of carboxylic acid groups (broad SMARTS) is 1. The summed E-state index contributed by atoms with van der Waals surface area (Å²) >= 11 is 0. The summed E-state index contributed by atoms with van der Waals surface area (Å²) in [4.78, 5) is 33.0. The molecule has 1 amide bonds. The molecule has 0 saturated carbocycles. The highest BCUT2D eigenvalue weighted by Crippen LogP contribution is 2.42. The highest BCUT2D eigenvalue weighted by Gasteiger charge is 2.52. The van der Waals surface area contributed by atoms with Gasteiger partial charge >= 0.3 is 5.97 Å². The first-order valence-corrected chi connectivity index (χ1v) is 9.32. The van der Waals surface area contributed by atoms with Gasteiger partial charge in [-0.15, -0.1) is 0 Å². The standard InChI is InChI=1S/C20H24N4O3/c1-22-10-2-7-20(19(26)27)8-11-23(13-17(20)22)18(25)15-3-5-16(6-4-15)24-12-9-21-14-24/h3-6,9,12,14,17H,2,7-8,10-11,13H2,1H3,(H,26,27)/t17-,20+/m1/s1. The number of imidazole rings is 1. The molecular formula is C20H24N4O3. The van der Waals surface area contributed by atoms with Gasteiger partial charge in [-0.25, -0.2) is 4.98 Å². The number of piperidine rings is 2. The number of nitrogens with zero attached hydrogens (tertiary/aromatic N) is 4. The van der Waals surface area contributed by atoms with Crippen LogP contribution < -0.4 is 0 Å². The van der Waals surface area contributed by atoms with E-state index in [0.717, 1.165) is 18.7 Å². The molecule has 1 N–H and O–H groups in total. The minimum absolute atomic E-state index is 0.0369. The third-order valence-corrected chi connectivity index (χ3v) is 6.15. The highest BCUT2D eigenvalue weighted by atomic mass is 16.4. The molecular weight excluding hydrogens is 344 g/mol. The lowest BCUT2D eigenvalue weighted by molar-refractivity contribution is -0.161. The maximum atomic E-state index is 13.0. The average molecular weight is 368 g/mol. The van der Waals surface area contributed by atoms with Gasteiger partial charge in [0.2, 0.25) is 0 Å². The fourth-order valence-electron chi connectivity index (χ4n) is 4.54.